The van der Waals surface area contributed by atoms with Crippen LogP contribution in [-0.2, 0) is 10.3 Å². The van der Waals surface area contributed by atoms with Crippen molar-refractivity contribution >= 4 is 40.8 Å². The van der Waals surface area contributed by atoms with Gasteiger partial charge in [-0.3, -0.25) is 15.0 Å². The van der Waals surface area contributed by atoms with Crippen LogP contribution in [0, 0.1) is 0 Å². The molecule has 0 radical (unpaired) electrons. The van der Waals surface area contributed by atoms with E-state index in [4.69, 9.17) is 27.9 Å². The van der Waals surface area contributed by atoms with E-state index in [0.717, 1.165) is 11.3 Å². The molecule has 0 atom stereocenters. The zero-order valence-corrected chi connectivity index (χ0v) is 16.0. The van der Waals surface area contributed by atoms with Crippen molar-refractivity contribution in [1.29, 1.82) is 0 Å². The number of amides is 1. The number of halogens is 2. The highest BCUT2D eigenvalue weighted by atomic mass is 35.5. The van der Waals surface area contributed by atoms with Crippen molar-refractivity contribution < 1.29 is 14.3 Å². The zero-order valence-electron chi connectivity index (χ0n) is 14.5. The topological polar surface area (TPSA) is 58.6 Å². The van der Waals surface area contributed by atoms with E-state index in [0.29, 0.717) is 48.1 Å². The minimum absolute atomic E-state index is 0.0494. The highest BCUT2D eigenvalue weighted by Crippen LogP contribution is 2.44. The molecule has 2 aromatic rings. The summed E-state index contributed by atoms with van der Waals surface area (Å²) < 4.78 is 5.71. The number of hydrogen-bond donors (Lipinski definition) is 1. The lowest BCUT2D eigenvalue weighted by atomic mass is 9.82. The minimum Gasteiger partial charge on any atom is -0.438 e. The molecule has 1 amide bonds. The average Bonchev–Trinajstić information content (AvgIpc) is 2.65. The lowest BCUT2D eigenvalue weighted by Crippen LogP contribution is -2.49. The number of nitrogens with one attached hydrogen (secondary N) is 1. The van der Waals surface area contributed by atoms with Crippen LogP contribution >= 0.6 is 23.2 Å². The fourth-order valence-electron chi connectivity index (χ4n) is 3.74. The first kappa shape index (κ1) is 18.3. The van der Waals surface area contributed by atoms with Crippen LogP contribution in [0.4, 0.5) is 10.5 Å². The number of carbonyl (C=O) groups is 2. The molecular formula is C20H18Cl2N2O3. The summed E-state index contributed by atoms with van der Waals surface area (Å²) in [4.78, 5) is 26.6. The van der Waals surface area contributed by atoms with Crippen LogP contribution in [0.5, 0.6) is 0 Å². The van der Waals surface area contributed by atoms with Gasteiger partial charge in [-0.1, -0.05) is 23.2 Å². The molecule has 2 heterocycles. The Balaban J connectivity index is 1.47. The van der Waals surface area contributed by atoms with Gasteiger partial charge in [0, 0.05) is 47.1 Å². The molecule has 140 valence electrons. The Labute approximate surface area is 167 Å². The molecular weight excluding hydrogens is 387 g/mol. The number of anilines is 1. The molecule has 5 nitrogen and oxygen atoms in total. The summed E-state index contributed by atoms with van der Waals surface area (Å²) in [7, 11) is 0. The Kier molecular flexibility index (Phi) is 4.84. The molecule has 1 fully saturated rings. The molecule has 2 aliphatic rings. The van der Waals surface area contributed by atoms with Crippen molar-refractivity contribution in [2.24, 2.45) is 0 Å². The molecule has 1 saturated heterocycles. The SMILES string of the molecule is O=C1Nc2ccc(Cl)cc2C2(CCN(CC(=O)c3ccc(Cl)cc3)CC2)O1. The highest BCUT2D eigenvalue weighted by Gasteiger charge is 2.44. The number of fused-ring (bicyclic) bond motifs is 2. The van der Waals surface area contributed by atoms with Gasteiger partial charge in [0.2, 0.25) is 0 Å². The maximum Gasteiger partial charge on any atom is 0.412 e. The van der Waals surface area contributed by atoms with Gasteiger partial charge in [0.25, 0.3) is 0 Å². The molecule has 1 spiro atoms. The van der Waals surface area contributed by atoms with Gasteiger partial charge in [0.05, 0.1) is 12.2 Å². The standard InChI is InChI=1S/C20H18Cl2N2O3/c21-14-3-1-13(2-4-14)18(25)12-24-9-7-20(8-10-24)16-11-15(22)5-6-17(16)23-19(26)27-20/h1-6,11H,7-10,12H2,(H,23,26). The Bertz CT molecular complexity index is 891. The third-order valence-corrected chi connectivity index (χ3v) is 5.68. The van der Waals surface area contributed by atoms with E-state index < -0.39 is 11.7 Å². The zero-order chi connectivity index (χ0) is 19.0. The quantitative estimate of drug-likeness (QED) is 0.751. The molecule has 1 N–H and O–H groups in total. The van der Waals surface area contributed by atoms with E-state index >= 15 is 0 Å². The van der Waals surface area contributed by atoms with Crippen molar-refractivity contribution in [3.63, 3.8) is 0 Å². The first-order valence-corrected chi connectivity index (χ1v) is 9.52. The molecule has 27 heavy (non-hydrogen) atoms. The lowest BCUT2D eigenvalue weighted by Gasteiger charge is -2.44. The second-order valence-electron chi connectivity index (χ2n) is 6.90. The van der Waals surface area contributed by atoms with Crippen LogP contribution in [0.25, 0.3) is 0 Å². The maximum absolute atomic E-state index is 12.5. The third-order valence-electron chi connectivity index (χ3n) is 5.19. The normalized spacial score (nSPS) is 18.5. The predicted octanol–water partition coefficient (Wildman–Crippen LogP) is 4.73. The second kappa shape index (κ2) is 7.15. The summed E-state index contributed by atoms with van der Waals surface area (Å²) in [6, 6.07) is 12.3. The van der Waals surface area contributed by atoms with Gasteiger partial charge in [-0.25, -0.2) is 4.79 Å². The summed E-state index contributed by atoms with van der Waals surface area (Å²) in [5.41, 5.74) is 1.59. The summed E-state index contributed by atoms with van der Waals surface area (Å²) in [5, 5.41) is 3.94. The molecule has 0 bridgehead atoms. The smallest absolute Gasteiger partial charge is 0.412 e. The number of ether oxygens (including phenoxy) is 1. The molecule has 0 unspecified atom stereocenters. The van der Waals surface area contributed by atoms with E-state index in [-0.39, 0.29) is 5.78 Å². The highest BCUT2D eigenvalue weighted by molar-refractivity contribution is 6.31. The van der Waals surface area contributed by atoms with E-state index in [9.17, 15) is 9.59 Å². The van der Waals surface area contributed by atoms with Crippen molar-refractivity contribution in [3.05, 3.63) is 63.6 Å². The van der Waals surface area contributed by atoms with Crippen LogP contribution in [0.15, 0.2) is 42.5 Å². The Morgan fingerprint density at radius 1 is 1.07 bits per heavy atom. The van der Waals surface area contributed by atoms with Crippen LogP contribution in [0.2, 0.25) is 10.0 Å². The number of likely N-dealkylation sites (tertiary alicyclic amines) is 1. The number of carbonyl (C=O) groups excluding carboxylic acids is 2. The number of rotatable bonds is 3. The van der Waals surface area contributed by atoms with Gasteiger partial charge in [0.15, 0.2) is 5.78 Å². The molecule has 0 saturated carbocycles. The van der Waals surface area contributed by atoms with E-state index in [1.807, 2.05) is 6.07 Å². The number of Topliss-reactive ketones (excluding diaryl/α,β-unsaturated/α-hetero) is 1. The number of piperidine rings is 1. The van der Waals surface area contributed by atoms with Gasteiger partial charge < -0.3 is 4.74 Å². The van der Waals surface area contributed by atoms with Gasteiger partial charge in [-0.2, -0.15) is 0 Å². The average molecular weight is 405 g/mol. The van der Waals surface area contributed by atoms with Gasteiger partial charge >= 0.3 is 6.09 Å². The summed E-state index contributed by atoms with van der Waals surface area (Å²) in [6.45, 7) is 1.63. The lowest BCUT2D eigenvalue weighted by molar-refractivity contribution is -0.0366. The van der Waals surface area contributed by atoms with Crippen LogP contribution < -0.4 is 5.32 Å². The minimum atomic E-state index is -0.692. The van der Waals surface area contributed by atoms with E-state index in [1.54, 1.807) is 36.4 Å². The molecule has 2 aromatic carbocycles. The Morgan fingerprint density at radius 3 is 2.44 bits per heavy atom. The van der Waals surface area contributed by atoms with E-state index in [2.05, 4.69) is 10.2 Å². The summed E-state index contributed by atoms with van der Waals surface area (Å²) in [5.74, 6) is 0.0494. The molecule has 0 aromatic heterocycles. The Hall–Kier alpha value is -2.08. The fourth-order valence-corrected chi connectivity index (χ4v) is 4.04. The van der Waals surface area contributed by atoms with E-state index in [1.165, 1.54) is 0 Å². The first-order chi connectivity index (χ1) is 12.9. The molecule has 0 aliphatic carbocycles. The number of nitrogens with zero attached hydrogens (tertiary/aromatic N) is 1. The number of benzene rings is 2. The largest absolute Gasteiger partial charge is 0.438 e. The van der Waals surface area contributed by atoms with Gasteiger partial charge in [0.1, 0.15) is 5.60 Å². The predicted molar refractivity (Wildman–Crippen MR) is 105 cm³/mol. The third kappa shape index (κ3) is 3.68. The summed E-state index contributed by atoms with van der Waals surface area (Å²) >= 11 is 12.0. The van der Waals surface area contributed by atoms with Crippen molar-refractivity contribution in [3.8, 4) is 0 Å². The van der Waals surface area contributed by atoms with Crippen LogP contribution in [-0.4, -0.2) is 36.4 Å². The fraction of sp³-hybridized carbons (Fsp3) is 0.300. The monoisotopic (exact) mass is 404 g/mol. The molecule has 7 heteroatoms. The van der Waals surface area contributed by atoms with Crippen LogP contribution in [0.3, 0.4) is 0 Å². The molecule has 2 aliphatic heterocycles. The summed E-state index contributed by atoms with van der Waals surface area (Å²) in [6.07, 6.45) is 0.777. The van der Waals surface area contributed by atoms with Crippen molar-refractivity contribution in [1.82, 2.24) is 4.90 Å². The second-order valence-corrected chi connectivity index (χ2v) is 7.78. The van der Waals surface area contributed by atoms with Crippen LogP contribution in [0.1, 0.15) is 28.8 Å². The van der Waals surface area contributed by atoms with Gasteiger partial charge in [-0.15, -0.1) is 0 Å². The number of ketones is 1. The van der Waals surface area contributed by atoms with Crippen molar-refractivity contribution in [2.75, 3.05) is 25.0 Å². The molecule has 4 rings (SSSR count). The van der Waals surface area contributed by atoms with Gasteiger partial charge in [-0.05, 0) is 42.5 Å². The number of hydrogen-bond acceptors (Lipinski definition) is 4. The first-order valence-electron chi connectivity index (χ1n) is 8.76. The maximum atomic E-state index is 12.5. The Morgan fingerprint density at radius 2 is 1.74 bits per heavy atom. The van der Waals surface area contributed by atoms with Crippen molar-refractivity contribution in [2.45, 2.75) is 18.4 Å².